The Morgan fingerprint density at radius 1 is 0.259 bits per heavy atom. The van der Waals surface area contributed by atoms with E-state index in [0.717, 1.165) is 96.3 Å². The topological polar surface area (TPSA) is 78.9 Å². The molecule has 1 atom stereocenters. The molecule has 6 heteroatoms. The Balaban J connectivity index is 4.33. The number of carbonyl (C=O) groups excluding carboxylic acids is 3. The van der Waals surface area contributed by atoms with E-state index in [-0.39, 0.29) is 31.1 Å². The van der Waals surface area contributed by atoms with Gasteiger partial charge in [0.2, 0.25) is 0 Å². The first-order chi connectivity index (χ1) is 40.0. The number of esters is 3. The van der Waals surface area contributed by atoms with E-state index in [1.165, 1.54) is 231 Å². The fourth-order valence-electron chi connectivity index (χ4n) is 10.4. The summed E-state index contributed by atoms with van der Waals surface area (Å²) >= 11 is 0. The van der Waals surface area contributed by atoms with Gasteiger partial charge in [-0.1, -0.05) is 331 Å². The van der Waals surface area contributed by atoms with Gasteiger partial charge in [0.1, 0.15) is 13.2 Å². The van der Waals surface area contributed by atoms with Gasteiger partial charge in [0.15, 0.2) is 6.10 Å². The van der Waals surface area contributed by atoms with Crippen molar-refractivity contribution in [2.45, 2.75) is 374 Å². The third-order valence-electron chi connectivity index (χ3n) is 15.7. The predicted molar refractivity (Wildman–Crippen MR) is 353 cm³/mol. The van der Waals surface area contributed by atoms with E-state index < -0.39 is 6.10 Å². The SMILES string of the molecule is CC/C=C\C/C=C\C/C=C\C/C=C\CCCCCCCCCCC(=O)OC(COC(=O)CCCCCCCCCCCCCCC/C=C\C/C=C\CCCCCCC)COC(=O)CCCCCCCCCCCCCCCCCCC. The maximum Gasteiger partial charge on any atom is 0.306 e. The van der Waals surface area contributed by atoms with Crippen LogP contribution < -0.4 is 0 Å². The molecule has 0 bridgehead atoms. The first kappa shape index (κ1) is 77.9. The van der Waals surface area contributed by atoms with Gasteiger partial charge in [0.25, 0.3) is 0 Å². The molecule has 0 heterocycles. The molecule has 0 aromatic heterocycles. The number of unbranched alkanes of at least 4 members (excludes halogenated alkanes) is 42. The van der Waals surface area contributed by atoms with Crippen LogP contribution in [0.2, 0.25) is 0 Å². The molecule has 0 aromatic carbocycles. The van der Waals surface area contributed by atoms with Crippen LogP contribution in [0.25, 0.3) is 0 Å². The standard InChI is InChI=1S/C75H134O6/c1-4-7-10-13-16-19-22-25-28-31-33-35-36-37-38-40-41-44-47-50-53-56-59-62-65-68-74(77)80-71-72(70-79-73(76)67-64-61-58-55-52-49-46-43-30-27-24-21-18-15-12-9-6-3)81-75(78)69-66-63-60-57-54-51-48-45-42-39-34-32-29-26-23-20-17-14-11-8-5-2/h8,11,17,20,22,25-26,29,31,33-34,39,72H,4-7,9-10,12-16,18-19,21,23-24,27-28,30,32,35-38,40-71H2,1-3H3/b11-8-,20-17-,25-22-,29-26-,33-31-,39-34-. The van der Waals surface area contributed by atoms with Gasteiger partial charge in [-0.15, -0.1) is 0 Å². The van der Waals surface area contributed by atoms with Crippen LogP contribution in [-0.2, 0) is 28.6 Å². The molecule has 0 saturated carbocycles. The number of ether oxygens (including phenoxy) is 3. The van der Waals surface area contributed by atoms with E-state index in [9.17, 15) is 14.4 Å². The van der Waals surface area contributed by atoms with Crippen molar-refractivity contribution in [2.75, 3.05) is 13.2 Å². The van der Waals surface area contributed by atoms with Crippen LogP contribution in [-0.4, -0.2) is 37.2 Å². The number of rotatable bonds is 65. The normalized spacial score (nSPS) is 12.5. The first-order valence-electron chi connectivity index (χ1n) is 35.4. The first-order valence-corrected chi connectivity index (χ1v) is 35.4. The van der Waals surface area contributed by atoms with Crippen molar-refractivity contribution >= 4 is 17.9 Å². The zero-order valence-electron chi connectivity index (χ0n) is 54.1. The molecule has 0 N–H and O–H groups in total. The van der Waals surface area contributed by atoms with Gasteiger partial charge in [0, 0.05) is 19.3 Å². The Kier molecular flexibility index (Phi) is 66.6. The van der Waals surface area contributed by atoms with Gasteiger partial charge in [-0.2, -0.15) is 0 Å². The monoisotopic (exact) mass is 1130 g/mol. The number of carbonyl (C=O) groups is 3. The van der Waals surface area contributed by atoms with Crippen LogP contribution in [0.15, 0.2) is 72.9 Å². The molecule has 470 valence electrons. The van der Waals surface area contributed by atoms with Crippen molar-refractivity contribution in [2.24, 2.45) is 0 Å². The van der Waals surface area contributed by atoms with Gasteiger partial charge in [-0.25, -0.2) is 0 Å². The molecule has 6 nitrogen and oxygen atoms in total. The van der Waals surface area contributed by atoms with Crippen LogP contribution in [0.1, 0.15) is 367 Å². The lowest BCUT2D eigenvalue weighted by Gasteiger charge is -2.18. The van der Waals surface area contributed by atoms with Crippen molar-refractivity contribution in [1.29, 1.82) is 0 Å². The van der Waals surface area contributed by atoms with Crippen molar-refractivity contribution in [3.63, 3.8) is 0 Å². The Morgan fingerprint density at radius 3 is 0.753 bits per heavy atom. The molecular weight excluding hydrogens is 997 g/mol. The van der Waals surface area contributed by atoms with E-state index in [0.29, 0.717) is 19.3 Å². The summed E-state index contributed by atoms with van der Waals surface area (Å²) in [6.07, 6.45) is 90.6. The van der Waals surface area contributed by atoms with E-state index in [4.69, 9.17) is 14.2 Å². The van der Waals surface area contributed by atoms with Gasteiger partial charge in [-0.3, -0.25) is 14.4 Å². The van der Waals surface area contributed by atoms with Crippen LogP contribution >= 0.6 is 0 Å². The molecule has 0 aliphatic carbocycles. The predicted octanol–water partition coefficient (Wildman–Crippen LogP) is 24.4. The molecule has 1 unspecified atom stereocenters. The number of allylic oxidation sites excluding steroid dienone is 12. The summed E-state index contributed by atoms with van der Waals surface area (Å²) in [6.45, 7) is 6.57. The molecule has 0 rings (SSSR count). The minimum absolute atomic E-state index is 0.0747. The molecule has 0 aliphatic rings. The van der Waals surface area contributed by atoms with E-state index in [1.807, 2.05) is 0 Å². The Morgan fingerprint density at radius 2 is 0.481 bits per heavy atom. The molecular formula is C75H134O6. The second kappa shape index (κ2) is 69.3. The van der Waals surface area contributed by atoms with Crippen LogP contribution in [0, 0.1) is 0 Å². The van der Waals surface area contributed by atoms with Gasteiger partial charge < -0.3 is 14.2 Å². The Bertz CT molecular complexity index is 1490. The smallest absolute Gasteiger partial charge is 0.306 e. The minimum Gasteiger partial charge on any atom is -0.462 e. The summed E-state index contributed by atoms with van der Waals surface area (Å²) in [4.78, 5) is 38.5. The molecule has 81 heavy (non-hydrogen) atoms. The highest BCUT2D eigenvalue weighted by Crippen LogP contribution is 2.18. The maximum atomic E-state index is 13.0. The highest BCUT2D eigenvalue weighted by Gasteiger charge is 2.19. The fourth-order valence-corrected chi connectivity index (χ4v) is 10.4. The van der Waals surface area contributed by atoms with Gasteiger partial charge in [-0.05, 0) is 89.9 Å². The average molecular weight is 1130 g/mol. The summed E-state index contributed by atoms with van der Waals surface area (Å²) < 4.78 is 17.0. The molecule has 0 saturated heterocycles. The van der Waals surface area contributed by atoms with Crippen molar-refractivity contribution < 1.29 is 28.6 Å². The molecule has 0 aliphatic heterocycles. The van der Waals surface area contributed by atoms with Crippen molar-refractivity contribution in [3.05, 3.63) is 72.9 Å². The average Bonchev–Trinajstić information content (AvgIpc) is 3.47. The Labute approximate surface area is 503 Å². The van der Waals surface area contributed by atoms with Gasteiger partial charge in [0.05, 0.1) is 0 Å². The molecule has 0 radical (unpaired) electrons. The van der Waals surface area contributed by atoms with Crippen LogP contribution in [0.3, 0.4) is 0 Å². The second-order valence-electron chi connectivity index (χ2n) is 23.8. The summed E-state index contributed by atoms with van der Waals surface area (Å²) in [6, 6.07) is 0. The molecule has 0 amide bonds. The zero-order valence-corrected chi connectivity index (χ0v) is 54.1. The third-order valence-corrected chi connectivity index (χ3v) is 15.7. The van der Waals surface area contributed by atoms with E-state index in [2.05, 4.69) is 93.7 Å². The lowest BCUT2D eigenvalue weighted by molar-refractivity contribution is -0.167. The summed E-state index contributed by atoms with van der Waals surface area (Å²) in [5.41, 5.74) is 0. The summed E-state index contributed by atoms with van der Waals surface area (Å²) in [5.74, 6) is -0.860. The van der Waals surface area contributed by atoms with Gasteiger partial charge >= 0.3 is 17.9 Å². The van der Waals surface area contributed by atoms with Crippen molar-refractivity contribution in [3.8, 4) is 0 Å². The van der Waals surface area contributed by atoms with Crippen molar-refractivity contribution in [1.82, 2.24) is 0 Å². The highest BCUT2D eigenvalue weighted by molar-refractivity contribution is 5.71. The quantitative estimate of drug-likeness (QED) is 0.0261. The zero-order chi connectivity index (χ0) is 58.5. The number of hydrogen-bond donors (Lipinski definition) is 0. The van der Waals surface area contributed by atoms with E-state index >= 15 is 0 Å². The molecule has 0 aromatic rings. The summed E-state index contributed by atoms with van der Waals surface area (Å²) in [5, 5.41) is 0. The van der Waals surface area contributed by atoms with Crippen LogP contribution in [0.5, 0.6) is 0 Å². The fraction of sp³-hybridized carbons (Fsp3) is 0.800. The summed E-state index contributed by atoms with van der Waals surface area (Å²) in [7, 11) is 0. The lowest BCUT2D eigenvalue weighted by Crippen LogP contribution is -2.30. The lowest BCUT2D eigenvalue weighted by atomic mass is 10.0. The second-order valence-corrected chi connectivity index (χ2v) is 23.8. The number of hydrogen-bond acceptors (Lipinski definition) is 6. The minimum atomic E-state index is -0.780. The van der Waals surface area contributed by atoms with E-state index in [1.54, 1.807) is 0 Å². The Hall–Kier alpha value is -3.15. The highest BCUT2D eigenvalue weighted by atomic mass is 16.6. The molecule has 0 spiro atoms. The largest absolute Gasteiger partial charge is 0.462 e. The third kappa shape index (κ3) is 67.5. The molecule has 0 fully saturated rings. The maximum absolute atomic E-state index is 13.0. The van der Waals surface area contributed by atoms with Crippen LogP contribution in [0.4, 0.5) is 0 Å².